The van der Waals surface area contributed by atoms with E-state index in [9.17, 15) is 9.59 Å². The van der Waals surface area contributed by atoms with Crippen LogP contribution in [0.4, 0.5) is 0 Å². The largest absolute Gasteiger partial charge is 0.295 e. The van der Waals surface area contributed by atoms with Crippen LogP contribution in [0.1, 0.15) is 65.5 Å². The third-order valence-electron chi connectivity index (χ3n) is 6.48. The maximum Gasteiger partial charge on any atom is 0.180 e. The SMILES string of the molecule is CCC(=O)c1ccc(C2=CCN(Cc3cnc4c(c3)CC(=O)C(C3CC3)=C4)CC2)cn1. The van der Waals surface area contributed by atoms with Gasteiger partial charge in [0.2, 0.25) is 0 Å². The van der Waals surface area contributed by atoms with Gasteiger partial charge in [0, 0.05) is 50.4 Å². The molecule has 2 aromatic rings. The normalized spacial score (nSPS) is 18.9. The molecule has 0 atom stereocenters. The molecule has 2 aromatic heterocycles. The number of allylic oxidation sites excluding steroid dienone is 1. The summed E-state index contributed by atoms with van der Waals surface area (Å²) in [6.45, 7) is 4.52. The van der Waals surface area contributed by atoms with E-state index in [-0.39, 0.29) is 11.6 Å². The number of aromatic nitrogens is 2. The van der Waals surface area contributed by atoms with Crippen molar-refractivity contribution >= 4 is 23.2 Å². The summed E-state index contributed by atoms with van der Waals surface area (Å²) in [5, 5.41) is 0. The van der Waals surface area contributed by atoms with Crippen molar-refractivity contribution in [2.45, 2.75) is 45.6 Å². The molecule has 158 valence electrons. The molecule has 3 heterocycles. The van der Waals surface area contributed by atoms with Crippen LogP contribution in [0.15, 0.2) is 42.2 Å². The Morgan fingerprint density at radius 3 is 2.74 bits per heavy atom. The van der Waals surface area contributed by atoms with Crippen LogP contribution in [0.5, 0.6) is 0 Å². The molecule has 0 bridgehead atoms. The Kier molecular flexibility index (Phi) is 5.36. The molecule has 0 N–H and O–H groups in total. The monoisotopic (exact) mass is 413 g/mol. The standard InChI is InChI=1S/C26H27N3O2/c1-2-25(30)23-6-5-20(15-28-23)18-7-9-29(10-8-18)16-17-11-21-12-26(31)22(19-3-4-19)13-24(21)27-14-17/h5-7,11,13-15,19H,2-4,8-10,12,16H2,1H3. The Bertz CT molecular complexity index is 1090. The molecule has 1 saturated carbocycles. The van der Waals surface area contributed by atoms with Gasteiger partial charge >= 0.3 is 0 Å². The first-order valence-corrected chi connectivity index (χ1v) is 11.2. The van der Waals surface area contributed by atoms with Gasteiger partial charge in [-0.25, -0.2) is 0 Å². The summed E-state index contributed by atoms with van der Waals surface area (Å²) < 4.78 is 0. The molecule has 5 nitrogen and oxygen atoms in total. The van der Waals surface area contributed by atoms with E-state index in [1.807, 2.05) is 37.5 Å². The molecule has 3 aliphatic rings. The van der Waals surface area contributed by atoms with Crippen LogP contribution in [-0.4, -0.2) is 39.5 Å². The van der Waals surface area contributed by atoms with Crippen LogP contribution in [0.2, 0.25) is 0 Å². The Morgan fingerprint density at radius 1 is 1.19 bits per heavy atom. The zero-order valence-corrected chi connectivity index (χ0v) is 17.9. The third-order valence-corrected chi connectivity index (χ3v) is 6.48. The van der Waals surface area contributed by atoms with Gasteiger partial charge in [0.1, 0.15) is 5.69 Å². The Labute approximate surface area is 182 Å². The minimum atomic E-state index is 0.0787. The number of Topliss-reactive ketones (excluding diaryl/α,β-unsaturated/α-hetero) is 2. The minimum absolute atomic E-state index is 0.0787. The lowest BCUT2D eigenvalue weighted by Crippen LogP contribution is -2.28. The summed E-state index contributed by atoms with van der Waals surface area (Å²) in [7, 11) is 0. The smallest absolute Gasteiger partial charge is 0.180 e. The van der Waals surface area contributed by atoms with Gasteiger partial charge in [0.05, 0.1) is 5.69 Å². The van der Waals surface area contributed by atoms with E-state index >= 15 is 0 Å². The van der Waals surface area contributed by atoms with E-state index in [1.165, 1.54) is 5.57 Å². The van der Waals surface area contributed by atoms with E-state index in [4.69, 9.17) is 0 Å². The second-order valence-electron chi connectivity index (χ2n) is 8.79. The molecule has 2 aliphatic carbocycles. The fourth-order valence-corrected chi connectivity index (χ4v) is 4.48. The molecule has 5 rings (SSSR count). The summed E-state index contributed by atoms with van der Waals surface area (Å²) in [4.78, 5) is 35.6. The number of pyridine rings is 2. The van der Waals surface area contributed by atoms with Gasteiger partial charge in [-0.15, -0.1) is 0 Å². The van der Waals surface area contributed by atoms with Gasteiger partial charge in [0.15, 0.2) is 11.6 Å². The molecule has 1 fully saturated rings. The van der Waals surface area contributed by atoms with E-state index in [0.29, 0.717) is 24.5 Å². The van der Waals surface area contributed by atoms with Crippen LogP contribution in [0.3, 0.4) is 0 Å². The van der Waals surface area contributed by atoms with Crippen molar-refractivity contribution in [2.24, 2.45) is 5.92 Å². The highest BCUT2D eigenvalue weighted by Crippen LogP contribution is 2.40. The minimum Gasteiger partial charge on any atom is -0.295 e. The number of carbonyl (C=O) groups excluding carboxylic acids is 2. The fourth-order valence-electron chi connectivity index (χ4n) is 4.48. The molecule has 0 aromatic carbocycles. The molecular formula is C26H27N3O2. The van der Waals surface area contributed by atoms with Gasteiger partial charge in [0.25, 0.3) is 0 Å². The van der Waals surface area contributed by atoms with Gasteiger partial charge in [-0.2, -0.15) is 0 Å². The number of ketones is 2. The summed E-state index contributed by atoms with van der Waals surface area (Å²) in [5.74, 6) is 0.838. The van der Waals surface area contributed by atoms with Crippen molar-refractivity contribution in [3.05, 3.63) is 70.3 Å². The summed E-state index contributed by atoms with van der Waals surface area (Å²) in [6, 6.07) is 6.00. The highest BCUT2D eigenvalue weighted by molar-refractivity contribution is 6.04. The molecule has 5 heteroatoms. The number of fused-ring (bicyclic) bond motifs is 1. The van der Waals surface area contributed by atoms with Crippen LogP contribution in [0, 0.1) is 5.92 Å². The summed E-state index contributed by atoms with van der Waals surface area (Å²) in [5.41, 5.74) is 7.11. The van der Waals surface area contributed by atoms with Crippen molar-refractivity contribution in [3.63, 3.8) is 0 Å². The molecule has 0 amide bonds. The molecule has 0 radical (unpaired) electrons. The Balaban J connectivity index is 1.24. The number of nitrogens with zero attached hydrogens (tertiary/aromatic N) is 3. The van der Waals surface area contributed by atoms with E-state index < -0.39 is 0 Å². The quantitative estimate of drug-likeness (QED) is 0.662. The zero-order valence-electron chi connectivity index (χ0n) is 17.9. The number of rotatable bonds is 6. The zero-order chi connectivity index (χ0) is 21.4. The van der Waals surface area contributed by atoms with E-state index in [2.05, 4.69) is 27.0 Å². The second-order valence-corrected chi connectivity index (χ2v) is 8.79. The molecule has 1 aliphatic heterocycles. The van der Waals surface area contributed by atoms with Crippen molar-refractivity contribution in [1.29, 1.82) is 0 Å². The average molecular weight is 414 g/mol. The third kappa shape index (κ3) is 4.28. The lowest BCUT2D eigenvalue weighted by molar-refractivity contribution is -0.115. The lowest BCUT2D eigenvalue weighted by Gasteiger charge is -2.27. The van der Waals surface area contributed by atoms with Gasteiger partial charge in [-0.3, -0.25) is 24.5 Å². The summed E-state index contributed by atoms with van der Waals surface area (Å²) in [6.07, 6.45) is 12.3. The number of carbonyl (C=O) groups is 2. The van der Waals surface area contributed by atoms with Crippen molar-refractivity contribution < 1.29 is 9.59 Å². The van der Waals surface area contributed by atoms with Gasteiger partial charge in [-0.1, -0.05) is 25.1 Å². The first-order chi connectivity index (χ1) is 15.1. The average Bonchev–Trinajstić information content (AvgIpc) is 3.64. The predicted molar refractivity (Wildman–Crippen MR) is 120 cm³/mol. The first kappa shape index (κ1) is 20.0. The number of hydrogen-bond donors (Lipinski definition) is 0. The summed E-state index contributed by atoms with van der Waals surface area (Å²) >= 11 is 0. The van der Waals surface area contributed by atoms with Crippen molar-refractivity contribution in [3.8, 4) is 0 Å². The molecule has 0 saturated heterocycles. The van der Waals surface area contributed by atoms with Crippen molar-refractivity contribution in [2.75, 3.05) is 13.1 Å². The first-order valence-electron chi connectivity index (χ1n) is 11.2. The topological polar surface area (TPSA) is 63.2 Å². The number of hydrogen-bond acceptors (Lipinski definition) is 5. The maximum absolute atomic E-state index is 12.4. The lowest BCUT2D eigenvalue weighted by atomic mass is 9.91. The molecular weight excluding hydrogens is 386 g/mol. The molecule has 0 unspecified atom stereocenters. The van der Waals surface area contributed by atoms with Crippen LogP contribution < -0.4 is 0 Å². The van der Waals surface area contributed by atoms with E-state index in [1.54, 1.807) is 0 Å². The van der Waals surface area contributed by atoms with Crippen LogP contribution in [0.25, 0.3) is 11.6 Å². The highest BCUT2D eigenvalue weighted by atomic mass is 16.1. The van der Waals surface area contributed by atoms with Gasteiger partial charge in [-0.05, 0) is 59.6 Å². The Hall–Kier alpha value is -2.92. The second kappa shape index (κ2) is 8.31. The Morgan fingerprint density at radius 2 is 2.06 bits per heavy atom. The van der Waals surface area contributed by atoms with E-state index in [0.717, 1.165) is 66.9 Å². The molecule has 0 spiro atoms. The van der Waals surface area contributed by atoms with Crippen LogP contribution in [-0.2, 0) is 17.8 Å². The fraction of sp³-hybridized carbons (Fsp3) is 0.385. The van der Waals surface area contributed by atoms with Crippen LogP contribution >= 0.6 is 0 Å². The van der Waals surface area contributed by atoms with Gasteiger partial charge < -0.3 is 0 Å². The van der Waals surface area contributed by atoms with Crippen molar-refractivity contribution in [1.82, 2.24) is 14.9 Å². The highest BCUT2D eigenvalue weighted by Gasteiger charge is 2.32. The maximum atomic E-state index is 12.4. The molecule has 31 heavy (non-hydrogen) atoms. The predicted octanol–water partition coefficient (Wildman–Crippen LogP) is 4.28.